The van der Waals surface area contributed by atoms with Crippen molar-refractivity contribution in [1.29, 1.82) is 0 Å². The zero-order valence-corrected chi connectivity index (χ0v) is 11.7. The Kier molecular flexibility index (Phi) is 3.47. The second-order valence-electron chi connectivity index (χ2n) is 5.07. The van der Waals surface area contributed by atoms with E-state index in [-0.39, 0.29) is 11.6 Å². The van der Waals surface area contributed by atoms with Crippen LogP contribution in [0.1, 0.15) is 40.5 Å². The lowest BCUT2D eigenvalue weighted by Crippen LogP contribution is -2.24. The summed E-state index contributed by atoms with van der Waals surface area (Å²) >= 11 is 0. The Morgan fingerprint density at radius 3 is 2.95 bits per heavy atom. The third-order valence-electron chi connectivity index (χ3n) is 3.49. The number of ether oxygens (including phenoxy) is 1. The van der Waals surface area contributed by atoms with E-state index in [2.05, 4.69) is 20.5 Å². The average molecular weight is 287 g/mol. The minimum Gasteiger partial charge on any atom is -0.481 e. The normalized spacial score (nSPS) is 14.0. The van der Waals surface area contributed by atoms with Crippen molar-refractivity contribution in [1.82, 2.24) is 20.5 Å². The van der Waals surface area contributed by atoms with Crippen molar-refractivity contribution in [2.45, 2.75) is 25.3 Å². The molecule has 0 unspecified atom stereocenters. The summed E-state index contributed by atoms with van der Waals surface area (Å²) in [7, 11) is 1.56. The van der Waals surface area contributed by atoms with Gasteiger partial charge in [-0.05, 0) is 18.4 Å². The Labute approximate surface area is 121 Å². The van der Waals surface area contributed by atoms with Crippen LogP contribution in [0.4, 0.5) is 5.69 Å². The maximum atomic E-state index is 12.1. The SMILES string of the molecule is COc1ccc(CNC(=O)c2n[nH]c(C3CC3)c2N)cn1. The molecule has 2 aromatic rings. The summed E-state index contributed by atoms with van der Waals surface area (Å²) < 4.78 is 4.98. The van der Waals surface area contributed by atoms with E-state index in [4.69, 9.17) is 10.5 Å². The molecule has 0 atom stereocenters. The molecule has 0 bridgehead atoms. The van der Waals surface area contributed by atoms with Crippen LogP contribution in [0.5, 0.6) is 5.88 Å². The number of nitrogens with zero attached hydrogens (tertiary/aromatic N) is 2. The van der Waals surface area contributed by atoms with Gasteiger partial charge in [-0.25, -0.2) is 4.98 Å². The van der Waals surface area contributed by atoms with E-state index < -0.39 is 0 Å². The quantitative estimate of drug-likeness (QED) is 0.766. The van der Waals surface area contributed by atoms with E-state index >= 15 is 0 Å². The number of hydrogen-bond acceptors (Lipinski definition) is 5. The number of aromatic amines is 1. The lowest BCUT2D eigenvalue weighted by atomic mass is 10.2. The van der Waals surface area contributed by atoms with Crippen LogP contribution in [0.2, 0.25) is 0 Å². The molecule has 110 valence electrons. The molecular weight excluding hydrogens is 270 g/mol. The van der Waals surface area contributed by atoms with Crippen molar-refractivity contribution in [2.75, 3.05) is 12.8 Å². The van der Waals surface area contributed by atoms with Crippen molar-refractivity contribution in [3.8, 4) is 5.88 Å². The molecule has 0 aromatic carbocycles. The van der Waals surface area contributed by atoms with Gasteiger partial charge in [-0.3, -0.25) is 9.89 Å². The third kappa shape index (κ3) is 2.81. The summed E-state index contributed by atoms with van der Waals surface area (Å²) in [6.45, 7) is 0.362. The Bertz CT molecular complexity index is 646. The Balaban J connectivity index is 1.63. The molecule has 1 amide bonds. The van der Waals surface area contributed by atoms with Crippen LogP contribution in [0.15, 0.2) is 18.3 Å². The average Bonchev–Trinajstić information content (AvgIpc) is 3.28. The molecule has 21 heavy (non-hydrogen) atoms. The van der Waals surface area contributed by atoms with Gasteiger partial charge in [-0.1, -0.05) is 6.07 Å². The summed E-state index contributed by atoms with van der Waals surface area (Å²) in [5.41, 5.74) is 8.45. The molecule has 0 aliphatic heterocycles. The largest absolute Gasteiger partial charge is 0.481 e. The topological polar surface area (TPSA) is 106 Å². The highest BCUT2D eigenvalue weighted by molar-refractivity contribution is 5.97. The summed E-state index contributed by atoms with van der Waals surface area (Å²) in [6.07, 6.45) is 3.86. The van der Waals surface area contributed by atoms with Crippen molar-refractivity contribution < 1.29 is 9.53 Å². The number of nitrogens with two attached hydrogens (primary N) is 1. The van der Waals surface area contributed by atoms with Gasteiger partial charge in [0.05, 0.1) is 18.5 Å². The predicted molar refractivity (Wildman–Crippen MR) is 76.9 cm³/mol. The monoisotopic (exact) mass is 287 g/mol. The fraction of sp³-hybridized carbons (Fsp3) is 0.357. The van der Waals surface area contributed by atoms with E-state index in [1.807, 2.05) is 6.07 Å². The van der Waals surface area contributed by atoms with Gasteiger partial charge in [0.25, 0.3) is 5.91 Å². The number of nitrogens with one attached hydrogen (secondary N) is 2. The molecule has 1 aliphatic carbocycles. The predicted octanol–water partition coefficient (Wildman–Crippen LogP) is 1.20. The molecule has 1 aliphatic rings. The van der Waals surface area contributed by atoms with Crippen molar-refractivity contribution in [2.24, 2.45) is 0 Å². The fourth-order valence-electron chi connectivity index (χ4n) is 2.12. The summed E-state index contributed by atoms with van der Waals surface area (Å²) in [4.78, 5) is 16.2. The number of carbonyl (C=O) groups excluding carboxylic acids is 1. The Hall–Kier alpha value is -2.57. The molecule has 2 aromatic heterocycles. The van der Waals surface area contributed by atoms with E-state index in [1.54, 1.807) is 19.4 Å². The second-order valence-corrected chi connectivity index (χ2v) is 5.07. The molecule has 4 N–H and O–H groups in total. The summed E-state index contributed by atoms with van der Waals surface area (Å²) in [5, 5.41) is 9.67. The lowest BCUT2D eigenvalue weighted by molar-refractivity contribution is 0.0947. The Morgan fingerprint density at radius 1 is 1.52 bits per heavy atom. The maximum Gasteiger partial charge on any atom is 0.274 e. The number of rotatable bonds is 5. The molecule has 3 rings (SSSR count). The van der Waals surface area contributed by atoms with Crippen LogP contribution in [-0.4, -0.2) is 28.2 Å². The number of nitrogen functional groups attached to an aromatic ring is 1. The van der Waals surface area contributed by atoms with Gasteiger partial charge in [-0.15, -0.1) is 0 Å². The van der Waals surface area contributed by atoms with Crippen molar-refractivity contribution in [3.05, 3.63) is 35.3 Å². The van der Waals surface area contributed by atoms with Crippen LogP contribution in [0.25, 0.3) is 0 Å². The van der Waals surface area contributed by atoms with Gasteiger partial charge in [0.15, 0.2) is 5.69 Å². The van der Waals surface area contributed by atoms with E-state index in [0.717, 1.165) is 24.1 Å². The van der Waals surface area contributed by atoms with Gasteiger partial charge in [0, 0.05) is 24.7 Å². The first kappa shape index (κ1) is 13.4. The summed E-state index contributed by atoms with van der Waals surface area (Å²) in [6, 6.07) is 3.59. The molecule has 2 heterocycles. The van der Waals surface area contributed by atoms with Gasteiger partial charge in [0.1, 0.15) is 0 Å². The summed E-state index contributed by atoms with van der Waals surface area (Å²) in [5.74, 6) is 0.687. The van der Waals surface area contributed by atoms with Gasteiger partial charge in [0.2, 0.25) is 5.88 Å². The second kappa shape index (κ2) is 5.43. The fourth-order valence-corrected chi connectivity index (χ4v) is 2.12. The molecule has 1 saturated carbocycles. The first-order valence-corrected chi connectivity index (χ1v) is 6.80. The highest BCUT2D eigenvalue weighted by Crippen LogP contribution is 2.42. The van der Waals surface area contributed by atoms with Crippen LogP contribution >= 0.6 is 0 Å². The minimum absolute atomic E-state index is 0.262. The van der Waals surface area contributed by atoms with Crippen LogP contribution in [0.3, 0.4) is 0 Å². The van der Waals surface area contributed by atoms with E-state index in [0.29, 0.717) is 24.0 Å². The van der Waals surface area contributed by atoms with Crippen LogP contribution < -0.4 is 15.8 Å². The molecule has 0 saturated heterocycles. The smallest absolute Gasteiger partial charge is 0.274 e. The number of H-pyrrole nitrogens is 1. The first-order chi connectivity index (χ1) is 10.2. The standard InChI is InChI=1S/C14H17N5O2/c1-21-10-5-2-8(6-16-10)7-17-14(20)13-11(15)12(18-19-13)9-3-4-9/h2,5-6,9H,3-4,7,15H2,1H3,(H,17,20)(H,18,19). The zero-order chi connectivity index (χ0) is 14.8. The van der Waals surface area contributed by atoms with Crippen LogP contribution in [-0.2, 0) is 6.54 Å². The molecule has 7 nitrogen and oxygen atoms in total. The molecular formula is C14H17N5O2. The third-order valence-corrected chi connectivity index (χ3v) is 3.49. The maximum absolute atomic E-state index is 12.1. The van der Waals surface area contributed by atoms with Crippen molar-refractivity contribution >= 4 is 11.6 Å². The molecule has 0 spiro atoms. The number of aromatic nitrogens is 3. The molecule has 7 heteroatoms. The van der Waals surface area contributed by atoms with Crippen LogP contribution in [0, 0.1) is 0 Å². The highest BCUT2D eigenvalue weighted by Gasteiger charge is 2.30. The number of hydrogen-bond donors (Lipinski definition) is 3. The van der Waals surface area contributed by atoms with Gasteiger partial charge < -0.3 is 15.8 Å². The lowest BCUT2D eigenvalue weighted by Gasteiger charge is -2.05. The zero-order valence-electron chi connectivity index (χ0n) is 11.7. The number of methoxy groups -OCH3 is 1. The number of pyridine rings is 1. The van der Waals surface area contributed by atoms with Gasteiger partial charge in [-0.2, -0.15) is 5.10 Å². The number of carbonyl (C=O) groups is 1. The number of amides is 1. The van der Waals surface area contributed by atoms with Gasteiger partial charge >= 0.3 is 0 Å². The first-order valence-electron chi connectivity index (χ1n) is 6.80. The van der Waals surface area contributed by atoms with Crippen molar-refractivity contribution in [3.63, 3.8) is 0 Å². The molecule has 1 fully saturated rings. The minimum atomic E-state index is -0.286. The Morgan fingerprint density at radius 2 is 2.33 bits per heavy atom. The number of anilines is 1. The highest BCUT2D eigenvalue weighted by atomic mass is 16.5. The molecule has 0 radical (unpaired) electrons. The van der Waals surface area contributed by atoms with E-state index in [9.17, 15) is 4.79 Å². The van der Waals surface area contributed by atoms with E-state index in [1.165, 1.54) is 0 Å².